The van der Waals surface area contributed by atoms with Crippen molar-refractivity contribution in [1.82, 2.24) is 4.72 Å². The van der Waals surface area contributed by atoms with Gasteiger partial charge in [-0.05, 0) is 30.7 Å². The quantitative estimate of drug-likeness (QED) is 0.917. The van der Waals surface area contributed by atoms with Gasteiger partial charge >= 0.3 is 0 Å². The van der Waals surface area contributed by atoms with E-state index in [0.717, 1.165) is 10.9 Å². The van der Waals surface area contributed by atoms with E-state index in [9.17, 15) is 8.42 Å². The van der Waals surface area contributed by atoms with Crippen LogP contribution in [0.4, 0.5) is 0 Å². The van der Waals surface area contributed by atoms with Crippen LogP contribution in [0.1, 0.15) is 13.3 Å². The molecule has 5 heteroatoms. The molecule has 0 aliphatic carbocycles. The average molecular weight is 278 g/mol. The van der Waals surface area contributed by atoms with E-state index in [1.165, 1.54) is 0 Å². The van der Waals surface area contributed by atoms with Crippen molar-refractivity contribution in [3.05, 3.63) is 28.7 Å². The summed E-state index contributed by atoms with van der Waals surface area (Å²) >= 11 is 3.25. The van der Waals surface area contributed by atoms with Gasteiger partial charge in [0.25, 0.3) is 0 Å². The van der Waals surface area contributed by atoms with Crippen molar-refractivity contribution in [3.63, 3.8) is 0 Å². The summed E-state index contributed by atoms with van der Waals surface area (Å²) in [7, 11) is -3.31. The van der Waals surface area contributed by atoms with Crippen LogP contribution in [-0.2, 0) is 10.0 Å². The number of benzene rings is 1. The second-order valence-corrected chi connectivity index (χ2v) is 5.53. The standard InChI is InChI=1S/C9H12BrNO2S/c1-2-7-11-14(12,13)9-5-3-8(10)4-6-9/h3-6,11H,2,7H2,1H3. The van der Waals surface area contributed by atoms with Gasteiger partial charge in [-0.25, -0.2) is 13.1 Å². The van der Waals surface area contributed by atoms with Crippen LogP contribution in [0.2, 0.25) is 0 Å². The molecule has 0 radical (unpaired) electrons. The van der Waals surface area contributed by atoms with E-state index in [4.69, 9.17) is 0 Å². The molecular weight excluding hydrogens is 266 g/mol. The Kier molecular flexibility index (Phi) is 4.10. The fourth-order valence-corrected chi connectivity index (χ4v) is 2.33. The first kappa shape index (κ1) is 11.7. The van der Waals surface area contributed by atoms with Gasteiger partial charge in [0, 0.05) is 11.0 Å². The van der Waals surface area contributed by atoms with Crippen molar-refractivity contribution in [2.24, 2.45) is 0 Å². The first-order valence-electron chi connectivity index (χ1n) is 4.31. The third-order valence-electron chi connectivity index (χ3n) is 1.67. The van der Waals surface area contributed by atoms with Gasteiger partial charge in [-0.3, -0.25) is 0 Å². The maximum atomic E-state index is 11.6. The van der Waals surface area contributed by atoms with E-state index in [0.29, 0.717) is 11.4 Å². The van der Waals surface area contributed by atoms with Crippen LogP contribution in [0.5, 0.6) is 0 Å². The lowest BCUT2D eigenvalue weighted by Crippen LogP contribution is -2.24. The minimum Gasteiger partial charge on any atom is -0.211 e. The van der Waals surface area contributed by atoms with Crippen molar-refractivity contribution < 1.29 is 8.42 Å². The first-order chi connectivity index (χ1) is 6.56. The molecule has 0 heterocycles. The highest BCUT2D eigenvalue weighted by Gasteiger charge is 2.11. The van der Waals surface area contributed by atoms with Crippen LogP contribution in [0.25, 0.3) is 0 Å². The molecule has 1 N–H and O–H groups in total. The lowest BCUT2D eigenvalue weighted by atomic mass is 10.4. The van der Waals surface area contributed by atoms with E-state index in [1.807, 2.05) is 6.92 Å². The summed E-state index contributed by atoms with van der Waals surface area (Å²) in [6.07, 6.45) is 0.787. The summed E-state index contributed by atoms with van der Waals surface area (Å²) < 4.78 is 26.5. The third-order valence-corrected chi connectivity index (χ3v) is 3.67. The van der Waals surface area contributed by atoms with Crippen LogP contribution < -0.4 is 4.72 Å². The van der Waals surface area contributed by atoms with E-state index in [1.54, 1.807) is 24.3 Å². The van der Waals surface area contributed by atoms with Gasteiger partial charge in [0.15, 0.2) is 0 Å². The predicted octanol–water partition coefficient (Wildman–Crippen LogP) is 2.14. The molecule has 0 bridgehead atoms. The Morgan fingerprint density at radius 1 is 1.29 bits per heavy atom. The summed E-state index contributed by atoms with van der Waals surface area (Å²) in [5.41, 5.74) is 0. The van der Waals surface area contributed by atoms with Crippen molar-refractivity contribution in [1.29, 1.82) is 0 Å². The van der Waals surface area contributed by atoms with E-state index < -0.39 is 10.0 Å². The molecule has 0 spiro atoms. The van der Waals surface area contributed by atoms with Crippen molar-refractivity contribution in [3.8, 4) is 0 Å². The van der Waals surface area contributed by atoms with Crippen LogP contribution in [-0.4, -0.2) is 15.0 Å². The Bertz CT molecular complexity index is 386. The first-order valence-corrected chi connectivity index (χ1v) is 6.59. The molecule has 1 rings (SSSR count). The molecule has 0 amide bonds. The zero-order valence-corrected chi connectivity index (χ0v) is 10.2. The number of rotatable bonds is 4. The molecule has 0 saturated carbocycles. The molecule has 0 unspecified atom stereocenters. The van der Waals surface area contributed by atoms with E-state index in [-0.39, 0.29) is 0 Å². The van der Waals surface area contributed by atoms with Gasteiger partial charge in [0.2, 0.25) is 10.0 Å². The molecule has 0 saturated heterocycles. The average Bonchev–Trinajstić information content (AvgIpc) is 2.16. The summed E-state index contributed by atoms with van der Waals surface area (Å²) in [6.45, 7) is 2.39. The normalized spacial score (nSPS) is 11.6. The van der Waals surface area contributed by atoms with Gasteiger partial charge in [0.1, 0.15) is 0 Å². The highest BCUT2D eigenvalue weighted by molar-refractivity contribution is 9.10. The molecule has 78 valence electrons. The monoisotopic (exact) mass is 277 g/mol. The zero-order chi connectivity index (χ0) is 10.6. The van der Waals surface area contributed by atoms with Crippen LogP contribution >= 0.6 is 15.9 Å². The van der Waals surface area contributed by atoms with Crippen molar-refractivity contribution in [2.75, 3.05) is 6.54 Å². The highest BCUT2D eigenvalue weighted by Crippen LogP contribution is 2.14. The Morgan fingerprint density at radius 2 is 1.86 bits per heavy atom. The molecule has 1 aromatic rings. The number of halogens is 1. The molecule has 0 aliphatic heterocycles. The minimum atomic E-state index is -3.31. The van der Waals surface area contributed by atoms with Gasteiger partial charge in [-0.1, -0.05) is 22.9 Å². The number of sulfonamides is 1. The molecule has 0 aromatic heterocycles. The molecule has 1 aromatic carbocycles. The lowest BCUT2D eigenvalue weighted by Gasteiger charge is -2.04. The number of hydrogen-bond acceptors (Lipinski definition) is 2. The molecule has 0 aliphatic rings. The molecular formula is C9H12BrNO2S. The second kappa shape index (κ2) is 4.91. The Hall–Kier alpha value is -0.390. The smallest absolute Gasteiger partial charge is 0.211 e. The van der Waals surface area contributed by atoms with Crippen LogP contribution in [0, 0.1) is 0 Å². The SMILES string of the molecule is CCCNS(=O)(=O)c1ccc(Br)cc1. The van der Waals surface area contributed by atoms with E-state index >= 15 is 0 Å². The van der Waals surface area contributed by atoms with Crippen LogP contribution in [0.3, 0.4) is 0 Å². The summed E-state index contributed by atoms with van der Waals surface area (Å²) in [5, 5.41) is 0. The Morgan fingerprint density at radius 3 is 2.36 bits per heavy atom. The van der Waals surface area contributed by atoms with Crippen molar-refractivity contribution >= 4 is 26.0 Å². The topological polar surface area (TPSA) is 46.2 Å². The molecule has 0 fully saturated rings. The summed E-state index contributed by atoms with van der Waals surface area (Å²) in [5.74, 6) is 0. The van der Waals surface area contributed by atoms with Crippen molar-refractivity contribution in [2.45, 2.75) is 18.2 Å². The highest BCUT2D eigenvalue weighted by atomic mass is 79.9. The number of hydrogen-bond donors (Lipinski definition) is 1. The summed E-state index contributed by atoms with van der Waals surface area (Å²) in [4.78, 5) is 0.300. The van der Waals surface area contributed by atoms with Gasteiger partial charge < -0.3 is 0 Å². The molecule has 3 nitrogen and oxygen atoms in total. The molecule has 14 heavy (non-hydrogen) atoms. The fourth-order valence-electron chi connectivity index (χ4n) is 0.934. The second-order valence-electron chi connectivity index (χ2n) is 2.85. The molecule has 0 atom stereocenters. The van der Waals surface area contributed by atoms with Gasteiger partial charge in [-0.2, -0.15) is 0 Å². The Labute approximate surface area is 92.7 Å². The number of nitrogens with one attached hydrogen (secondary N) is 1. The van der Waals surface area contributed by atoms with Crippen LogP contribution in [0.15, 0.2) is 33.6 Å². The third kappa shape index (κ3) is 3.08. The summed E-state index contributed by atoms with van der Waals surface area (Å²) in [6, 6.07) is 6.56. The maximum Gasteiger partial charge on any atom is 0.240 e. The fraction of sp³-hybridized carbons (Fsp3) is 0.333. The zero-order valence-electron chi connectivity index (χ0n) is 7.83. The van der Waals surface area contributed by atoms with Gasteiger partial charge in [0.05, 0.1) is 4.90 Å². The van der Waals surface area contributed by atoms with E-state index in [2.05, 4.69) is 20.7 Å². The largest absolute Gasteiger partial charge is 0.240 e. The van der Waals surface area contributed by atoms with Gasteiger partial charge in [-0.15, -0.1) is 0 Å². The Balaban J connectivity index is 2.87. The lowest BCUT2D eigenvalue weighted by molar-refractivity contribution is 0.581. The predicted molar refractivity (Wildman–Crippen MR) is 59.6 cm³/mol. The maximum absolute atomic E-state index is 11.6. The minimum absolute atomic E-state index is 0.300.